The van der Waals surface area contributed by atoms with E-state index in [1.165, 1.54) is 31.4 Å². The monoisotopic (exact) mass is 507 g/mol. The summed E-state index contributed by atoms with van der Waals surface area (Å²) in [6, 6.07) is 7.20. The van der Waals surface area contributed by atoms with Crippen LogP contribution in [0.4, 0.5) is 18.9 Å². The molecule has 2 aromatic rings. The maximum absolute atomic E-state index is 13.6. The molecule has 1 amide bonds. The number of alkyl halides is 3. The summed E-state index contributed by atoms with van der Waals surface area (Å²) in [5.41, 5.74) is -0.631. The van der Waals surface area contributed by atoms with Crippen LogP contribution in [-0.2, 0) is 22.3 Å². The Hall–Kier alpha value is -3.07. The Bertz CT molecular complexity index is 1090. The van der Waals surface area contributed by atoms with E-state index in [1.807, 2.05) is 13.8 Å². The fraction of sp³-hybridized carbons (Fsp3) is 0.481. The number of hydrogen-bond donors (Lipinski definition) is 1. The highest BCUT2D eigenvalue weighted by Crippen LogP contribution is 2.40. The van der Waals surface area contributed by atoms with Gasteiger partial charge in [-0.3, -0.25) is 4.79 Å². The van der Waals surface area contributed by atoms with E-state index in [4.69, 9.17) is 9.47 Å². The molecular weight excluding hydrogens is 475 g/mol. The molecule has 2 aromatic carbocycles. The summed E-state index contributed by atoms with van der Waals surface area (Å²) in [6.45, 7) is 5.29. The number of halogens is 3. The largest absolute Gasteiger partial charge is 0.465 e. The van der Waals surface area contributed by atoms with E-state index in [2.05, 4.69) is 6.92 Å². The van der Waals surface area contributed by atoms with Gasteiger partial charge in [-0.15, -0.1) is 0 Å². The predicted molar refractivity (Wildman–Crippen MR) is 129 cm³/mol. The standard InChI is InChI=1S/C27H32F3NO5/c1-16(2)31(25(33)19-8-5-17(3)6-9-19)23-11-10-20(14-21(23)26(34)35-4)36-24-12-7-18(15-32)13-22(24)27(28,29)30/h7,10-14,16-17,19,32H,5-6,8-9,15H2,1-4H3. The molecule has 1 saturated carbocycles. The summed E-state index contributed by atoms with van der Waals surface area (Å²) in [7, 11) is 1.19. The van der Waals surface area contributed by atoms with Crippen molar-refractivity contribution in [2.45, 2.75) is 65.3 Å². The molecule has 0 radical (unpaired) electrons. The maximum Gasteiger partial charge on any atom is 0.419 e. The number of methoxy groups -OCH3 is 1. The average molecular weight is 508 g/mol. The highest BCUT2D eigenvalue weighted by atomic mass is 19.4. The molecule has 1 aliphatic rings. The number of nitrogens with zero attached hydrogens (tertiary/aromatic N) is 1. The predicted octanol–water partition coefficient (Wildman–Crippen LogP) is 6.34. The molecule has 1 aliphatic carbocycles. The Morgan fingerprint density at radius 2 is 1.75 bits per heavy atom. The van der Waals surface area contributed by atoms with E-state index in [9.17, 15) is 27.9 Å². The lowest BCUT2D eigenvalue weighted by Gasteiger charge is -2.34. The lowest BCUT2D eigenvalue weighted by molar-refractivity contribution is -0.138. The summed E-state index contributed by atoms with van der Waals surface area (Å²) in [4.78, 5) is 27.8. The van der Waals surface area contributed by atoms with Gasteiger partial charge in [0, 0.05) is 12.0 Å². The number of aliphatic hydroxyl groups excluding tert-OH is 1. The average Bonchev–Trinajstić information content (AvgIpc) is 2.84. The minimum atomic E-state index is -4.72. The second-order valence-electron chi connectivity index (χ2n) is 9.52. The molecule has 9 heteroatoms. The van der Waals surface area contributed by atoms with Gasteiger partial charge in [0.05, 0.1) is 30.5 Å². The molecule has 1 fully saturated rings. The number of aliphatic hydroxyl groups is 1. The quantitative estimate of drug-likeness (QED) is 0.443. The third-order valence-corrected chi connectivity index (χ3v) is 6.51. The first-order valence-electron chi connectivity index (χ1n) is 12.0. The van der Waals surface area contributed by atoms with Gasteiger partial charge in [0.1, 0.15) is 11.5 Å². The highest BCUT2D eigenvalue weighted by Gasteiger charge is 2.36. The van der Waals surface area contributed by atoms with Gasteiger partial charge in [0.15, 0.2) is 0 Å². The SMILES string of the molecule is COC(=O)c1cc(Oc2ccc(CO)cc2C(F)(F)F)ccc1N(C(=O)C1CCC(C)CC1)C(C)C. The minimum Gasteiger partial charge on any atom is -0.465 e. The molecule has 0 atom stereocenters. The third-order valence-electron chi connectivity index (χ3n) is 6.51. The fourth-order valence-electron chi connectivity index (χ4n) is 4.53. The Balaban J connectivity index is 2.00. The van der Waals surface area contributed by atoms with Crippen LogP contribution in [0.3, 0.4) is 0 Å². The summed E-state index contributed by atoms with van der Waals surface area (Å²) in [6.07, 6.45) is -1.28. The zero-order valence-electron chi connectivity index (χ0n) is 20.9. The first kappa shape index (κ1) is 27.5. The van der Waals surface area contributed by atoms with Crippen molar-refractivity contribution in [3.8, 4) is 11.5 Å². The molecule has 1 N–H and O–H groups in total. The van der Waals surface area contributed by atoms with Gasteiger partial charge < -0.3 is 19.5 Å². The number of ether oxygens (including phenoxy) is 2. The van der Waals surface area contributed by atoms with Crippen LogP contribution in [0.25, 0.3) is 0 Å². The van der Waals surface area contributed by atoms with E-state index in [0.29, 0.717) is 11.6 Å². The van der Waals surface area contributed by atoms with Gasteiger partial charge in [0.25, 0.3) is 0 Å². The van der Waals surface area contributed by atoms with Gasteiger partial charge in [-0.2, -0.15) is 13.2 Å². The van der Waals surface area contributed by atoms with Crippen LogP contribution < -0.4 is 9.64 Å². The molecule has 0 aromatic heterocycles. The van der Waals surface area contributed by atoms with Crippen LogP contribution in [-0.4, -0.2) is 30.1 Å². The van der Waals surface area contributed by atoms with Gasteiger partial charge in [-0.05, 0) is 81.3 Å². The van der Waals surface area contributed by atoms with Gasteiger partial charge in [-0.1, -0.05) is 13.0 Å². The highest BCUT2D eigenvalue weighted by molar-refractivity contribution is 6.04. The molecule has 196 valence electrons. The second-order valence-corrected chi connectivity index (χ2v) is 9.52. The Morgan fingerprint density at radius 3 is 2.31 bits per heavy atom. The van der Waals surface area contributed by atoms with E-state index in [-0.39, 0.29) is 34.7 Å². The van der Waals surface area contributed by atoms with Crippen LogP contribution in [0, 0.1) is 11.8 Å². The molecule has 3 rings (SSSR count). The number of carbonyl (C=O) groups excluding carboxylic acids is 2. The second kappa shape index (κ2) is 11.3. The number of carbonyl (C=O) groups is 2. The van der Waals surface area contributed by atoms with Gasteiger partial charge in [-0.25, -0.2) is 4.79 Å². The van der Waals surface area contributed by atoms with Crippen molar-refractivity contribution in [1.82, 2.24) is 0 Å². The zero-order valence-corrected chi connectivity index (χ0v) is 20.9. The lowest BCUT2D eigenvalue weighted by Crippen LogP contribution is -2.43. The van der Waals surface area contributed by atoms with E-state index in [0.717, 1.165) is 37.8 Å². The molecule has 0 bridgehead atoms. The van der Waals surface area contributed by atoms with E-state index in [1.54, 1.807) is 4.90 Å². The lowest BCUT2D eigenvalue weighted by atomic mass is 9.82. The van der Waals surface area contributed by atoms with E-state index < -0.39 is 30.1 Å². The first-order chi connectivity index (χ1) is 17.0. The van der Waals surface area contributed by atoms with Crippen LogP contribution >= 0.6 is 0 Å². The van der Waals surface area contributed by atoms with Gasteiger partial charge in [0.2, 0.25) is 5.91 Å². The Labute approximate surface area is 209 Å². The number of anilines is 1. The number of amides is 1. The van der Waals surface area contributed by atoms with Crippen molar-refractivity contribution in [2.24, 2.45) is 11.8 Å². The zero-order chi connectivity index (χ0) is 26.6. The molecule has 0 heterocycles. The van der Waals surface area contributed by atoms with Crippen LogP contribution in [0.1, 0.15) is 67.9 Å². The van der Waals surface area contributed by atoms with Crippen LogP contribution in [0.5, 0.6) is 11.5 Å². The molecule has 0 aliphatic heterocycles. The first-order valence-corrected chi connectivity index (χ1v) is 12.0. The molecule has 0 unspecified atom stereocenters. The number of hydrogen-bond acceptors (Lipinski definition) is 5. The Morgan fingerprint density at radius 1 is 1.08 bits per heavy atom. The van der Waals surface area contributed by atoms with Crippen molar-refractivity contribution < 1.29 is 37.3 Å². The van der Waals surface area contributed by atoms with Gasteiger partial charge >= 0.3 is 12.1 Å². The molecule has 6 nitrogen and oxygen atoms in total. The normalized spacial score (nSPS) is 18.1. The van der Waals surface area contributed by atoms with Crippen molar-refractivity contribution in [3.05, 3.63) is 53.1 Å². The number of benzene rings is 2. The molecule has 36 heavy (non-hydrogen) atoms. The van der Waals surface area contributed by atoms with Crippen molar-refractivity contribution in [3.63, 3.8) is 0 Å². The van der Waals surface area contributed by atoms with Crippen LogP contribution in [0.15, 0.2) is 36.4 Å². The van der Waals surface area contributed by atoms with Crippen molar-refractivity contribution in [1.29, 1.82) is 0 Å². The third kappa shape index (κ3) is 6.19. The smallest absolute Gasteiger partial charge is 0.419 e. The topological polar surface area (TPSA) is 76.1 Å². The van der Waals surface area contributed by atoms with Crippen LogP contribution in [0.2, 0.25) is 0 Å². The minimum absolute atomic E-state index is 0.0155. The Kier molecular flexibility index (Phi) is 8.66. The molecule has 0 saturated heterocycles. The number of rotatable bonds is 7. The molecular formula is C27H32F3NO5. The van der Waals surface area contributed by atoms with Crippen molar-refractivity contribution in [2.75, 3.05) is 12.0 Å². The summed E-state index contributed by atoms with van der Waals surface area (Å²) in [5.74, 6) is -0.922. The fourth-order valence-corrected chi connectivity index (χ4v) is 4.53. The summed E-state index contributed by atoms with van der Waals surface area (Å²) in [5, 5.41) is 9.22. The molecule has 0 spiro atoms. The maximum atomic E-state index is 13.6. The summed E-state index contributed by atoms with van der Waals surface area (Å²) >= 11 is 0. The van der Waals surface area contributed by atoms with Crippen molar-refractivity contribution >= 4 is 17.6 Å². The summed E-state index contributed by atoms with van der Waals surface area (Å²) < 4.78 is 51.3. The number of esters is 1. The van der Waals surface area contributed by atoms with E-state index >= 15 is 0 Å².